The van der Waals surface area contributed by atoms with E-state index in [-0.39, 0.29) is 11.7 Å². The molecule has 3 aromatic rings. The molecule has 2 heterocycles. The van der Waals surface area contributed by atoms with Crippen molar-refractivity contribution < 1.29 is 9.18 Å². The highest BCUT2D eigenvalue weighted by Crippen LogP contribution is 2.24. The normalized spacial score (nSPS) is 15.9. The number of carbonyl (C=O) groups excluding carboxylic acids is 1. The summed E-state index contributed by atoms with van der Waals surface area (Å²) in [6.07, 6.45) is 2.60. The second-order valence-corrected chi connectivity index (χ2v) is 7.40. The number of amides is 1. The predicted octanol–water partition coefficient (Wildman–Crippen LogP) is 4.76. The van der Waals surface area contributed by atoms with Crippen molar-refractivity contribution in [1.29, 1.82) is 0 Å². The molecular weight excluding hydrogens is 341 g/mol. The zero-order valence-electron chi connectivity index (χ0n) is 15.5. The lowest BCUT2D eigenvalue weighted by Gasteiger charge is -2.20. The number of benzene rings is 2. The van der Waals surface area contributed by atoms with Crippen LogP contribution in [0.15, 0.2) is 48.5 Å². The molecule has 1 aliphatic rings. The van der Waals surface area contributed by atoms with Crippen molar-refractivity contribution in [3.8, 4) is 0 Å². The maximum atomic E-state index is 13.3. The monoisotopic (exact) mass is 365 g/mol. The lowest BCUT2D eigenvalue weighted by Crippen LogP contribution is -2.24. The molecule has 1 aliphatic heterocycles. The number of fused-ring (bicyclic) bond motifs is 1. The van der Waals surface area contributed by atoms with Crippen molar-refractivity contribution in [1.82, 2.24) is 9.88 Å². The summed E-state index contributed by atoms with van der Waals surface area (Å²) in [4.78, 5) is 18.1. The fourth-order valence-electron chi connectivity index (χ4n) is 3.80. The third-order valence-electron chi connectivity index (χ3n) is 5.27. The number of nitrogens with zero attached hydrogens (tertiary/aromatic N) is 1. The van der Waals surface area contributed by atoms with E-state index in [1.54, 1.807) is 12.1 Å². The smallest absolute Gasteiger partial charge is 0.272 e. The summed E-state index contributed by atoms with van der Waals surface area (Å²) in [5.74, 6) is -0.198. The van der Waals surface area contributed by atoms with Gasteiger partial charge in [0.15, 0.2) is 0 Å². The van der Waals surface area contributed by atoms with Crippen LogP contribution < -0.4 is 5.32 Å². The van der Waals surface area contributed by atoms with Gasteiger partial charge in [-0.1, -0.05) is 19.1 Å². The highest BCUT2D eigenvalue weighted by molar-refractivity contribution is 6.05. The maximum absolute atomic E-state index is 13.3. The van der Waals surface area contributed by atoms with Gasteiger partial charge in [0.1, 0.15) is 11.5 Å². The van der Waals surface area contributed by atoms with Crippen LogP contribution in [-0.2, 0) is 0 Å². The molecule has 0 saturated carbocycles. The number of carbonyl (C=O) groups is 1. The Bertz CT molecular complexity index is 959. The van der Waals surface area contributed by atoms with Gasteiger partial charge < -0.3 is 15.2 Å². The van der Waals surface area contributed by atoms with Gasteiger partial charge in [-0.15, -0.1) is 0 Å². The van der Waals surface area contributed by atoms with Gasteiger partial charge in [0.25, 0.3) is 5.91 Å². The molecule has 0 spiro atoms. The molecule has 4 nitrogen and oxygen atoms in total. The number of rotatable bonds is 5. The van der Waals surface area contributed by atoms with Crippen LogP contribution in [0.1, 0.15) is 41.7 Å². The first-order valence-corrected chi connectivity index (χ1v) is 9.50. The van der Waals surface area contributed by atoms with Crippen molar-refractivity contribution in [2.24, 2.45) is 0 Å². The molecule has 1 aromatic heterocycles. The predicted molar refractivity (Wildman–Crippen MR) is 107 cm³/mol. The third-order valence-corrected chi connectivity index (χ3v) is 5.27. The van der Waals surface area contributed by atoms with E-state index in [0.717, 1.165) is 17.4 Å². The van der Waals surface area contributed by atoms with Crippen LogP contribution in [-0.4, -0.2) is 35.4 Å². The molecule has 0 radical (unpaired) electrons. The Hall–Kier alpha value is -2.66. The average Bonchev–Trinajstić information content (AvgIpc) is 3.30. The molecular formula is C22H24FN3O. The molecule has 1 saturated heterocycles. The van der Waals surface area contributed by atoms with E-state index in [1.165, 1.54) is 43.6 Å². The van der Waals surface area contributed by atoms with Crippen molar-refractivity contribution >= 4 is 22.5 Å². The number of halogens is 1. The molecule has 1 atom stereocenters. The van der Waals surface area contributed by atoms with Gasteiger partial charge in [0.05, 0.1) is 0 Å². The summed E-state index contributed by atoms with van der Waals surface area (Å²) in [5.41, 5.74) is 3.12. The zero-order chi connectivity index (χ0) is 18.8. The van der Waals surface area contributed by atoms with E-state index in [1.807, 2.05) is 12.1 Å². The first-order chi connectivity index (χ1) is 13.1. The number of likely N-dealkylation sites (tertiary alicyclic amines) is 1. The molecule has 1 amide bonds. The largest absolute Gasteiger partial charge is 0.351 e. The molecule has 4 rings (SSSR count). The number of nitrogens with one attached hydrogen (secondary N) is 2. The van der Waals surface area contributed by atoms with Gasteiger partial charge in [0.2, 0.25) is 0 Å². The van der Waals surface area contributed by atoms with E-state index < -0.39 is 0 Å². The second-order valence-electron chi connectivity index (χ2n) is 7.40. The minimum absolute atomic E-state index is 0.275. The topological polar surface area (TPSA) is 48.1 Å². The van der Waals surface area contributed by atoms with E-state index in [2.05, 4.69) is 34.3 Å². The standard InChI is InChI=1S/C22H24FN3O/c1-15(14-26-9-2-3-10-26)16-7-8-20-17(11-16)12-21(25-20)22(27)24-19-6-4-5-18(23)13-19/h4-8,11-13,15,25H,2-3,9-10,14H2,1H3,(H,24,27)/t15-/m0/s1. The summed E-state index contributed by atoms with van der Waals surface area (Å²) in [6, 6.07) is 14.1. The summed E-state index contributed by atoms with van der Waals surface area (Å²) in [5, 5.41) is 3.75. The number of hydrogen-bond acceptors (Lipinski definition) is 2. The molecule has 5 heteroatoms. The second kappa shape index (κ2) is 7.53. The van der Waals surface area contributed by atoms with Crippen molar-refractivity contribution in [3.05, 3.63) is 65.6 Å². The Balaban J connectivity index is 1.50. The van der Waals surface area contributed by atoms with Crippen molar-refractivity contribution in [2.45, 2.75) is 25.7 Å². The first-order valence-electron chi connectivity index (χ1n) is 9.50. The van der Waals surface area contributed by atoms with Gasteiger partial charge in [-0.05, 0) is 73.8 Å². The van der Waals surface area contributed by atoms with Crippen LogP contribution >= 0.6 is 0 Å². The van der Waals surface area contributed by atoms with Gasteiger partial charge in [-0.25, -0.2) is 4.39 Å². The molecule has 1 fully saturated rings. The first kappa shape index (κ1) is 17.7. The quantitative estimate of drug-likeness (QED) is 0.685. The highest BCUT2D eigenvalue weighted by Gasteiger charge is 2.17. The summed E-state index contributed by atoms with van der Waals surface area (Å²) in [6.45, 7) is 5.72. The van der Waals surface area contributed by atoms with E-state index in [9.17, 15) is 9.18 Å². The van der Waals surface area contributed by atoms with Crippen LogP contribution in [0.3, 0.4) is 0 Å². The zero-order valence-corrected chi connectivity index (χ0v) is 15.5. The van der Waals surface area contributed by atoms with Crippen LogP contribution in [0.4, 0.5) is 10.1 Å². The Morgan fingerprint density at radius 3 is 2.78 bits per heavy atom. The lowest BCUT2D eigenvalue weighted by atomic mass is 9.99. The molecule has 0 unspecified atom stereocenters. The fraction of sp³-hybridized carbons (Fsp3) is 0.318. The third kappa shape index (κ3) is 4.03. The maximum Gasteiger partial charge on any atom is 0.272 e. The Labute approximate surface area is 158 Å². The number of H-pyrrole nitrogens is 1. The van der Waals surface area contributed by atoms with Gasteiger partial charge in [-0.2, -0.15) is 0 Å². The Morgan fingerprint density at radius 2 is 2.00 bits per heavy atom. The van der Waals surface area contributed by atoms with Crippen LogP contribution in [0.5, 0.6) is 0 Å². The van der Waals surface area contributed by atoms with Crippen LogP contribution in [0.2, 0.25) is 0 Å². The Kier molecular flexibility index (Phi) is 4.94. The van der Waals surface area contributed by atoms with Crippen LogP contribution in [0.25, 0.3) is 10.9 Å². The number of aromatic nitrogens is 1. The molecule has 2 aromatic carbocycles. The van der Waals surface area contributed by atoms with E-state index in [0.29, 0.717) is 17.3 Å². The molecule has 0 bridgehead atoms. The van der Waals surface area contributed by atoms with Gasteiger partial charge in [0, 0.05) is 23.1 Å². The number of hydrogen-bond donors (Lipinski definition) is 2. The summed E-state index contributed by atoms with van der Waals surface area (Å²) >= 11 is 0. The van der Waals surface area contributed by atoms with E-state index >= 15 is 0 Å². The number of aromatic amines is 1. The Morgan fingerprint density at radius 1 is 1.19 bits per heavy atom. The lowest BCUT2D eigenvalue weighted by molar-refractivity contribution is 0.102. The summed E-state index contributed by atoms with van der Waals surface area (Å²) in [7, 11) is 0. The SMILES string of the molecule is C[C@@H](CN1CCCC1)c1ccc2[nH]c(C(=O)Nc3cccc(F)c3)cc2c1. The van der Waals surface area contributed by atoms with Crippen molar-refractivity contribution in [2.75, 3.05) is 25.0 Å². The fourth-order valence-corrected chi connectivity index (χ4v) is 3.80. The number of anilines is 1. The van der Waals surface area contributed by atoms with Gasteiger partial charge in [-0.3, -0.25) is 4.79 Å². The van der Waals surface area contributed by atoms with Gasteiger partial charge >= 0.3 is 0 Å². The highest BCUT2D eigenvalue weighted by atomic mass is 19.1. The molecule has 2 N–H and O–H groups in total. The molecule has 140 valence electrons. The minimum Gasteiger partial charge on any atom is -0.351 e. The average molecular weight is 365 g/mol. The molecule has 27 heavy (non-hydrogen) atoms. The van der Waals surface area contributed by atoms with Crippen molar-refractivity contribution in [3.63, 3.8) is 0 Å². The van der Waals surface area contributed by atoms with E-state index in [4.69, 9.17) is 0 Å². The summed E-state index contributed by atoms with van der Waals surface area (Å²) < 4.78 is 13.3. The molecule has 0 aliphatic carbocycles. The minimum atomic E-state index is -0.374. The van der Waals surface area contributed by atoms with Crippen LogP contribution in [0, 0.1) is 5.82 Å².